The Labute approximate surface area is 84.4 Å². The van der Waals surface area contributed by atoms with E-state index in [1.165, 1.54) is 0 Å². The predicted octanol–water partition coefficient (Wildman–Crippen LogP) is -0.193. The molecule has 1 unspecified atom stereocenters. The summed E-state index contributed by atoms with van der Waals surface area (Å²) in [6, 6.07) is 0. The van der Waals surface area contributed by atoms with Crippen molar-refractivity contribution in [2.75, 3.05) is 11.5 Å². The Morgan fingerprint density at radius 1 is 1.14 bits per heavy atom. The highest BCUT2D eigenvalue weighted by molar-refractivity contribution is 7.91. The largest absolute Gasteiger partial charge is 0.387 e. The van der Waals surface area contributed by atoms with Gasteiger partial charge in [0.05, 0.1) is 17.1 Å². The quantitative estimate of drug-likeness (QED) is 0.640. The molecule has 5 heteroatoms. The second kappa shape index (κ2) is 2.93. The summed E-state index contributed by atoms with van der Waals surface area (Å²) in [7, 11) is -3.06. The van der Waals surface area contributed by atoms with Crippen LogP contribution >= 0.6 is 0 Å². The average Bonchev–Trinajstić information content (AvgIpc) is 2.59. The molecule has 0 aromatic heterocycles. The monoisotopic (exact) mass is 219 g/mol. The summed E-state index contributed by atoms with van der Waals surface area (Å²) in [5.74, 6) is -0.0566. The minimum atomic E-state index is -3.06. The minimum Gasteiger partial charge on any atom is -0.387 e. The van der Waals surface area contributed by atoms with Gasteiger partial charge in [-0.1, -0.05) is 12.8 Å². The first kappa shape index (κ1) is 10.4. The fraction of sp³-hybridized carbons (Fsp3) is 1.00. The van der Waals surface area contributed by atoms with Crippen molar-refractivity contribution in [3.8, 4) is 0 Å². The zero-order chi connectivity index (χ0) is 10.4. The molecule has 2 fully saturated rings. The van der Waals surface area contributed by atoms with Gasteiger partial charge < -0.3 is 10.8 Å². The fourth-order valence-electron chi connectivity index (χ4n) is 2.70. The number of hydrogen-bond donors (Lipinski definition) is 2. The van der Waals surface area contributed by atoms with E-state index in [0.717, 1.165) is 25.7 Å². The van der Waals surface area contributed by atoms with Gasteiger partial charge >= 0.3 is 0 Å². The van der Waals surface area contributed by atoms with Crippen LogP contribution in [0, 0.1) is 0 Å². The second-order valence-corrected chi connectivity index (χ2v) is 6.92. The van der Waals surface area contributed by atoms with E-state index in [2.05, 4.69) is 0 Å². The SMILES string of the molecule is NC1(C2(O)CCS(=O)(=O)C2)CCCC1. The van der Waals surface area contributed by atoms with E-state index < -0.39 is 21.0 Å². The lowest BCUT2D eigenvalue weighted by Crippen LogP contribution is -2.59. The van der Waals surface area contributed by atoms with Crippen LogP contribution in [0.1, 0.15) is 32.1 Å². The Hall–Kier alpha value is -0.130. The third-order valence-corrected chi connectivity index (χ3v) is 5.45. The lowest BCUT2D eigenvalue weighted by atomic mass is 9.78. The molecule has 4 nitrogen and oxygen atoms in total. The normalized spacial score (nSPS) is 40.1. The van der Waals surface area contributed by atoms with Crippen molar-refractivity contribution < 1.29 is 13.5 Å². The van der Waals surface area contributed by atoms with Crippen molar-refractivity contribution in [3.63, 3.8) is 0 Å². The van der Waals surface area contributed by atoms with Gasteiger partial charge in [0.15, 0.2) is 9.84 Å². The molecule has 2 aliphatic rings. The molecule has 1 saturated heterocycles. The van der Waals surface area contributed by atoms with Gasteiger partial charge in [-0.05, 0) is 19.3 Å². The molecule has 1 heterocycles. The first-order valence-corrected chi connectivity index (χ1v) is 6.91. The summed E-state index contributed by atoms with van der Waals surface area (Å²) in [4.78, 5) is 0. The summed E-state index contributed by atoms with van der Waals surface area (Å²) in [6.07, 6.45) is 3.81. The number of hydrogen-bond acceptors (Lipinski definition) is 4. The van der Waals surface area contributed by atoms with Crippen LogP contribution in [-0.2, 0) is 9.84 Å². The molecule has 1 aliphatic heterocycles. The maximum absolute atomic E-state index is 11.3. The van der Waals surface area contributed by atoms with Crippen LogP contribution in [0.3, 0.4) is 0 Å². The van der Waals surface area contributed by atoms with Crippen LogP contribution in [0.2, 0.25) is 0 Å². The topological polar surface area (TPSA) is 80.4 Å². The molecule has 14 heavy (non-hydrogen) atoms. The van der Waals surface area contributed by atoms with Gasteiger partial charge in [0.2, 0.25) is 0 Å². The first-order chi connectivity index (χ1) is 6.37. The highest BCUT2D eigenvalue weighted by atomic mass is 32.2. The number of aliphatic hydroxyl groups is 1. The highest BCUT2D eigenvalue weighted by Crippen LogP contribution is 2.42. The molecule has 1 aliphatic carbocycles. The van der Waals surface area contributed by atoms with E-state index in [1.807, 2.05) is 0 Å². The van der Waals surface area contributed by atoms with Crippen LogP contribution in [0.5, 0.6) is 0 Å². The van der Waals surface area contributed by atoms with E-state index in [9.17, 15) is 13.5 Å². The summed E-state index contributed by atoms with van der Waals surface area (Å²) >= 11 is 0. The van der Waals surface area contributed by atoms with Gasteiger partial charge in [0, 0.05) is 5.54 Å². The second-order valence-electron chi connectivity index (χ2n) is 4.74. The van der Waals surface area contributed by atoms with E-state index in [-0.39, 0.29) is 11.5 Å². The van der Waals surface area contributed by atoms with Crippen LogP contribution in [0.15, 0.2) is 0 Å². The standard InChI is InChI=1S/C9H17NO3S/c10-8(3-1-2-4-8)9(11)5-6-14(12,13)7-9/h11H,1-7,10H2. The van der Waals surface area contributed by atoms with Crippen molar-refractivity contribution in [3.05, 3.63) is 0 Å². The summed E-state index contributed by atoms with van der Waals surface area (Å²) in [5.41, 5.74) is 4.28. The molecule has 1 atom stereocenters. The van der Waals surface area contributed by atoms with Crippen molar-refractivity contribution in [1.29, 1.82) is 0 Å². The Kier molecular flexibility index (Phi) is 2.18. The lowest BCUT2D eigenvalue weighted by molar-refractivity contribution is -0.0102. The van der Waals surface area contributed by atoms with Crippen molar-refractivity contribution in [2.45, 2.75) is 43.2 Å². The summed E-state index contributed by atoms with van der Waals surface area (Å²) in [5, 5.41) is 10.3. The molecule has 0 spiro atoms. The van der Waals surface area contributed by atoms with Gasteiger partial charge in [-0.15, -0.1) is 0 Å². The smallest absolute Gasteiger partial charge is 0.153 e. The van der Waals surface area contributed by atoms with E-state index >= 15 is 0 Å². The molecule has 0 bridgehead atoms. The minimum absolute atomic E-state index is 0.0858. The molecule has 0 amide bonds. The van der Waals surface area contributed by atoms with E-state index in [0.29, 0.717) is 6.42 Å². The van der Waals surface area contributed by atoms with Gasteiger partial charge in [0.25, 0.3) is 0 Å². The van der Waals surface area contributed by atoms with Crippen LogP contribution in [0.4, 0.5) is 0 Å². The molecular weight excluding hydrogens is 202 g/mol. The van der Waals surface area contributed by atoms with Gasteiger partial charge in [-0.3, -0.25) is 0 Å². The van der Waals surface area contributed by atoms with Crippen molar-refractivity contribution in [2.24, 2.45) is 5.73 Å². The van der Waals surface area contributed by atoms with Crippen molar-refractivity contribution in [1.82, 2.24) is 0 Å². The maximum Gasteiger partial charge on any atom is 0.153 e. The first-order valence-electron chi connectivity index (χ1n) is 5.09. The Morgan fingerprint density at radius 2 is 1.71 bits per heavy atom. The molecule has 2 rings (SSSR count). The Bertz CT molecular complexity index is 332. The molecule has 1 saturated carbocycles. The van der Waals surface area contributed by atoms with Crippen LogP contribution in [-0.4, -0.2) is 36.2 Å². The zero-order valence-electron chi connectivity index (χ0n) is 8.20. The number of sulfone groups is 1. The van der Waals surface area contributed by atoms with Gasteiger partial charge in [-0.25, -0.2) is 8.42 Å². The molecule has 0 aromatic rings. The fourth-order valence-corrected chi connectivity index (χ4v) is 4.65. The third kappa shape index (κ3) is 1.47. The van der Waals surface area contributed by atoms with Gasteiger partial charge in [0.1, 0.15) is 0 Å². The molecule has 0 radical (unpaired) electrons. The molecule has 3 N–H and O–H groups in total. The average molecular weight is 219 g/mol. The lowest BCUT2D eigenvalue weighted by Gasteiger charge is -2.38. The number of rotatable bonds is 1. The van der Waals surface area contributed by atoms with E-state index in [4.69, 9.17) is 5.73 Å². The molecule has 82 valence electrons. The van der Waals surface area contributed by atoms with E-state index in [1.54, 1.807) is 0 Å². The Balaban J connectivity index is 2.25. The Morgan fingerprint density at radius 3 is 2.14 bits per heavy atom. The number of nitrogens with two attached hydrogens (primary N) is 1. The maximum atomic E-state index is 11.3. The van der Waals surface area contributed by atoms with Gasteiger partial charge in [-0.2, -0.15) is 0 Å². The van der Waals surface area contributed by atoms with Crippen molar-refractivity contribution >= 4 is 9.84 Å². The molecule has 0 aromatic carbocycles. The van der Waals surface area contributed by atoms with Crippen LogP contribution in [0.25, 0.3) is 0 Å². The summed E-state index contributed by atoms with van der Waals surface area (Å²) < 4.78 is 22.7. The third-order valence-electron chi connectivity index (χ3n) is 3.71. The zero-order valence-corrected chi connectivity index (χ0v) is 9.02. The summed E-state index contributed by atoms with van der Waals surface area (Å²) in [6.45, 7) is 0. The highest BCUT2D eigenvalue weighted by Gasteiger charge is 2.54. The molecular formula is C9H17NO3S. The van der Waals surface area contributed by atoms with Crippen LogP contribution < -0.4 is 5.73 Å². The predicted molar refractivity (Wildman–Crippen MR) is 53.6 cm³/mol.